The first-order valence-corrected chi connectivity index (χ1v) is 7.99. The maximum atomic E-state index is 6.37. The molecule has 3 heteroatoms. The molecule has 0 spiro atoms. The summed E-state index contributed by atoms with van der Waals surface area (Å²) in [5.41, 5.74) is 11.4. The quantitative estimate of drug-likeness (QED) is 0.901. The van der Waals surface area contributed by atoms with E-state index in [4.69, 9.17) is 15.2 Å². The third-order valence-corrected chi connectivity index (χ3v) is 4.53. The maximum absolute atomic E-state index is 6.37. The lowest BCUT2D eigenvalue weighted by molar-refractivity contribution is -0.0333. The van der Waals surface area contributed by atoms with Gasteiger partial charge in [0.05, 0.1) is 24.9 Å². The minimum Gasteiger partial charge on any atom is -0.381 e. The Kier molecular flexibility index (Phi) is 5.80. The summed E-state index contributed by atoms with van der Waals surface area (Å²) in [4.78, 5) is 0. The predicted octanol–water partition coefficient (Wildman–Crippen LogP) is 3.59. The van der Waals surface area contributed by atoms with Crippen molar-refractivity contribution in [3.63, 3.8) is 0 Å². The van der Waals surface area contributed by atoms with Gasteiger partial charge in [-0.2, -0.15) is 0 Å². The minimum atomic E-state index is -0.0477. The van der Waals surface area contributed by atoms with Gasteiger partial charge in [0.25, 0.3) is 0 Å². The average molecular weight is 291 g/mol. The number of hydrogen-bond acceptors (Lipinski definition) is 3. The van der Waals surface area contributed by atoms with Gasteiger partial charge in [-0.15, -0.1) is 0 Å². The first-order valence-electron chi connectivity index (χ1n) is 7.99. The number of rotatable bonds is 5. The summed E-state index contributed by atoms with van der Waals surface area (Å²) in [6.07, 6.45) is 5.09. The molecule has 21 heavy (non-hydrogen) atoms. The van der Waals surface area contributed by atoms with E-state index in [-0.39, 0.29) is 6.04 Å². The lowest BCUT2D eigenvalue weighted by Gasteiger charge is -2.29. The fourth-order valence-electron chi connectivity index (χ4n) is 3.57. The molecule has 3 atom stereocenters. The van der Waals surface area contributed by atoms with Crippen LogP contribution in [0.3, 0.4) is 0 Å². The smallest absolute Gasteiger partial charge is 0.0663 e. The molecule has 1 saturated carbocycles. The van der Waals surface area contributed by atoms with Crippen LogP contribution in [-0.2, 0) is 9.47 Å². The zero-order chi connectivity index (χ0) is 15.4. The lowest BCUT2D eigenvalue weighted by atomic mass is 9.93. The molecule has 0 bridgehead atoms. The van der Waals surface area contributed by atoms with E-state index in [1.54, 1.807) is 7.11 Å². The Balaban J connectivity index is 1.94. The van der Waals surface area contributed by atoms with E-state index in [9.17, 15) is 0 Å². The van der Waals surface area contributed by atoms with Gasteiger partial charge in [-0.25, -0.2) is 0 Å². The van der Waals surface area contributed by atoms with Crippen molar-refractivity contribution in [1.29, 1.82) is 0 Å². The van der Waals surface area contributed by atoms with Crippen LogP contribution in [0.4, 0.5) is 0 Å². The Hall–Kier alpha value is -0.900. The molecule has 1 aliphatic rings. The third-order valence-electron chi connectivity index (χ3n) is 4.53. The van der Waals surface area contributed by atoms with Gasteiger partial charge in [-0.05, 0) is 63.1 Å². The van der Waals surface area contributed by atoms with E-state index in [1.807, 2.05) is 0 Å². The summed E-state index contributed by atoms with van der Waals surface area (Å²) in [6, 6.07) is 4.35. The zero-order valence-electron chi connectivity index (χ0n) is 13.8. The summed E-state index contributed by atoms with van der Waals surface area (Å²) in [7, 11) is 1.79. The van der Waals surface area contributed by atoms with E-state index in [0.29, 0.717) is 18.8 Å². The Bertz CT molecular complexity index is 449. The van der Waals surface area contributed by atoms with Gasteiger partial charge >= 0.3 is 0 Å². The van der Waals surface area contributed by atoms with Crippen LogP contribution in [0.1, 0.15) is 54.0 Å². The van der Waals surface area contributed by atoms with Crippen molar-refractivity contribution in [3.05, 3.63) is 34.4 Å². The third kappa shape index (κ3) is 4.29. The van der Waals surface area contributed by atoms with Crippen molar-refractivity contribution in [1.82, 2.24) is 0 Å². The standard InChI is InChI=1S/C18H29NO2/c1-12-8-13(2)18(14(3)9-12)17(19)11-21-16-7-5-6-15(10-16)20-4/h8-9,15-17H,5-7,10-11,19H2,1-4H3. The highest BCUT2D eigenvalue weighted by Gasteiger charge is 2.23. The molecule has 1 fully saturated rings. The molecule has 2 N–H and O–H groups in total. The van der Waals surface area contributed by atoms with Crippen molar-refractivity contribution in [3.8, 4) is 0 Å². The molecule has 1 aromatic rings. The molecular weight excluding hydrogens is 262 g/mol. The molecule has 0 aromatic heterocycles. The van der Waals surface area contributed by atoms with Crippen molar-refractivity contribution in [2.24, 2.45) is 5.73 Å². The Morgan fingerprint density at radius 1 is 1.14 bits per heavy atom. The summed E-state index contributed by atoms with van der Waals surface area (Å²) in [5, 5.41) is 0. The van der Waals surface area contributed by atoms with Gasteiger partial charge in [-0.3, -0.25) is 0 Å². The first-order chi connectivity index (χ1) is 10.0. The maximum Gasteiger partial charge on any atom is 0.0663 e. The monoisotopic (exact) mass is 291 g/mol. The number of hydrogen-bond donors (Lipinski definition) is 1. The van der Waals surface area contributed by atoms with Crippen molar-refractivity contribution < 1.29 is 9.47 Å². The number of ether oxygens (including phenoxy) is 2. The van der Waals surface area contributed by atoms with Gasteiger partial charge in [-0.1, -0.05) is 17.7 Å². The Morgan fingerprint density at radius 3 is 2.38 bits per heavy atom. The van der Waals surface area contributed by atoms with Gasteiger partial charge in [0.2, 0.25) is 0 Å². The van der Waals surface area contributed by atoms with Gasteiger partial charge in [0.1, 0.15) is 0 Å². The predicted molar refractivity (Wildman–Crippen MR) is 86.6 cm³/mol. The van der Waals surface area contributed by atoms with Crippen molar-refractivity contribution >= 4 is 0 Å². The molecule has 0 amide bonds. The van der Waals surface area contributed by atoms with Crippen molar-refractivity contribution in [2.75, 3.05) is 13.7 Å². The van der Waals surface area contributed by atoms with E-state index < -0.39 is 0 Å². The molecule has 3 unspecified atom stereocenters. The van der Waals surface area contributed by atoms with Gasteiger partial charge < -0.3 is 15.2 Å². The zero-order valence-corrected chi connectivity index (χ0v) is 13.8. The molecule has 2 rings (SSSR count). The van der Waals surface area contributed by atoms with E-state index in [1.165, 1.54) is 28.7 Å². The second kappa shape index (κ2) is 7.39. The number of methoxy groups -OCH3 is 1. The molecule has 118 valence electrons. The van der Waals surface area contributed by atoms with Crippen LogP contribution < -0.4 is 5.73 Å². The van der Waals surface area contributed by atoms with Crippen LogP contribution in [0.25, 0.3) is 0 Å². The van der Waals surface area contributed by atoms with Crippen LogP contribution in [0.5, 0.6) is 0 Å². The largest absolute Gasteiger partial charge is 0.381 e. The number of benzene rings is 1. The molecular formula is C18H29NO2. The Labute approximate surface area is 128 Å². The van der Waals surface area contributed by atoms with Crippen LogP contribution in [0, 0.1) is 20.8 Å². The molecule has 0 radical (unpaired) electrons. The summed E-state index contributed by atoms with van der Waals surface area (Å²) >= 11 is 0. The Morgan fingerprint density at radius 2 is 1.76 bits per heavy atom. The second-order valence-electron chi connectivity index (χ2n) is 6.40. The lowest BCUT2D eigenvalue weighted by Crippen LogP contribution is -2.30. The summed E-state index contributed by atoms with van der Waals surface area (Å²) in [5.74, 6) is 0. The highest BCUT2D eigenvalue weighted by atomic mass is 16.5. The number of aryl methyl sites for hydroxylation is 3. The fraction of sp³-hybridized carbons (Fsp3) is 0.667. The SMILES string of the molecule is COC1CCCC(OCC(N)c2c(C)cc(C)cc2C)C1. The fourth-order valence-corrected chi connectivity index (χ4v) is 3.57. The van der Waals surface area contributed by atoms with Crippen molar-refractivity contribution in [2.45, 2.75) is 64.7 Å². The van der Waals surface area contributed by atoms with Crippen LogP contribution in [0.2, 0.25) is 0 Å². The molecule has 0 aliphatic heterocycles. The van der Waals surface area contributed by atoms with Crippen LogP contribution in [0.15, 0.2) is 12.1 Å². The normalized spacial score (nSPS) is 24.0. The van der Waals surface area contributed by atoms with Gasteiger partial charge in [0, 0.05) is 7.11 Å². The number of nitrogens with two attached hydrogens (primary N) is 1. The second-order valence-corrected chi connectivity index (χ2v) is 6.40. The van der Waals surface area contributed by atoms with E-state index in [2.05, 4.69) is 32.9 Å². The van der Waals surface area contributed by atoms with Crippen LogP contribution in [-0.4, -0.2) is 25.9 Å². The molecule has 1 aliphatic carbocycles. The molecule has 0 heterocycles. The minimum absolute atomic E-state index is 0.0477. The molecule has 3 nitrogen and oxygen atoms in total. The molecule has 0 saturated heterocycles. The van der Waals surface area contributed by atoms with Gasteiger partial charge in [0.15, 0.2) is 0 Å². The van der Waals surface area contributed by atoms with E-state index in [0.717, 1.165) is 19.3 Å². The summed E-state index contributed by atoms with van der Waals surface area (Å²) < 4.78 is 11.5. The highest BCUT2D eigenvalue weighted by molar-refractivity contribution is 5.39. The molecule has 1 aromatic carbocycles. The van der Waals surface area contributed by atoms with Crippen LogP contribution >= 0.6 is 0 Å². The summed E-state index contributed by atoms with van der Waals surface area (Å²) in [6.45, 7) is 6.98. The topological polar surface area (TPSA) is 44.5 Å². The first kappa shape index (κ1) is 16.5. The highest BCUT2D eigenvalue weighted by Crippen LogP contribution is 2.26. The van der Waals surface area contributed by atoms with E-state index >= 15 is 0 Å². The average Bonchev–Trinajstić information content (AvgIpc) is 2.44.